The largest absolute Gasteiger partial charge is 0.771 e. The summed E-state index contributed by atoms with van der Waals surface area (Å²) in [4.78, 5) is 0. The van der Waals surface area contributed by atoms with Crippen molar-refractivity contribution < 1.29 is 8.76 Å². The fourth-order valence-electron chi connectivity index (χ4n) is 0.447. The first-order valence-electron chi connectivity index (χ1n) is 2.72. The van der Waals surface area contributed by atoms with E-state index in [0.717, 1.165) is 0 Å². The van der Waals surface area contributed by atoms with Gasteiger partial charge in [-0.3, -0.25) is 4.21 Å². The monoisotopic (exact) mass is 145 g/mol. The topological polar surface area (TPSA) is 40.1 Å². The summed E-state index contributed by atoms with van der Waals surface area (Å²) in [5.74, 6) is 5.13. The summed E-state index contributed by atoms with van der Waals surface area (Å²) in [5, 5.41) is -0.477. The molecule has 0 aliphatic rings. The molecular weight excluding hydrogens is 136 g/mol. The second-order valence-corrected chi connectivity index (χ2v) is 2.64. The summed E-state index contributed by atoms with van der Waals surface area (Å²) in [6, 6.07) is 0. The van der Waals surface area contributed by atoms with Gasteiger partial charge in [-0.25, -0.2) is 0 Å². The maximum atomic E-state index is 10.2. The van der Waals surface area contributed by atoms with Gasteiger partial charge in [-0.2, -0.15) is 0 Å². The SMILES string of the molecule is CC#CC(CC)S(=O)[O-]. The Hall–Kier alpha value is -0.330. The van der Waals surface area contributed by atoms with Crippen molar-refractivity contribution >= 4 is 11.1 Å². The molecular formula is C6H9O2S-. The van der Waals surface area contributed by atoms with E-state index >= 15 is 0 Å². The molecule has 0 aliphatic heterocycles. The van der Waals surface area contributed by atoms with Crippen molar-refractivity contribution in [1.82, 2.24) is 0 Å². The smallest absolute Gasteiger partial charge is 0.0821 e. The zero-order valence-corrected chi connectivity index (χ0v) is 6.33. The van der Waals surface area contributed by atoms with Crippen LogP contribution in [0.15, 0.2) is 0 Å². The average Bonchev–Trinajstić information content (AvgIpc) is 1.82. The molecule has 0 fully saturated rings. The van der Waals surface area contributed by atoms with E-state index in [0.29, 0.717) is 6.42 Å². The van der Waals surface area contributed by atoms with Gasteiger partial charge in [0.15, 0.2) is 0 Å². The molecule has 0 N–H and O–H groups in total. The van der Waals surface area contributed by atoms with Crippen molar-refractivity contribution in [2.24, 2.45) is 0 Å². The van der Waals surface area contributed by atoms with Gasteiger partial charge in [-0.1, -0.05) is 12.8 Å². The minimum Gasteiger partial charge on any atom is -0.771 e. The standard InChI is InChI=1S/C6H10O2S/c1-3-5-6(4-2)9(7)8/h6H,4H2,1-2H3,(H,7,8)/p-1. The van der Waals surface area contributed by atoms with Crippen LogP contribution in [0.25, 0.3) is 0 Å². The van der Waals surface area contributed by atoms with Crippen LogP contribution < -0.4 is 0 Å². The van der Waals surface area contributed by atoms with E-state index in [2.05, 4.69) is 11.8 Å². The molecule has 52 valence electrons. The normalized spacial score (nSPS) is 15.4. The molecule has 0 saturated carbocycles. The van der Waals surface area contributed by atoms with Gasteiger partial charge in [0.1, 0.15) is 0 Å². The van der Waals surface area contributed by atoms with Gasteiger partial charge in [0.25, 0.3) is 0 Å². The molecule has 0 amide bonds. The van der Waals surface area contributed by atoms with Crippen LogP contribution in [-0.2, 0) is 11.1 Å². The van der Waals surface area contributed by atoms with Gasteiger partial charge >= 0.3 is 0 Å². The van der Waals surface area contributed by atoms with E-state index < -0.39 is 16.3 Å². The van der Waals surface area contributed by atoms with Crippen LogP contribution in [0.2, 0.25) is 0 Å². The van der Waals surface area contributed by atoms with Crippen LogP contribution in [0, 0.1) is 11.8 Å². The van der Waals surface area contributed by atoms with Crippen molar-refractivity contribution in [3.63, 3.8) is 0 Å². The Labute approximate surface area is 57.9 Å². The predicted octanol–water partition coefficient (Wildman–Crippen LogP) is 0.667. The van der Waals surface area contributed by atoms with Crippen LogP contribution in [0.4, 0.5) is 0 Å². The van der Waals surface area contributed by atoms with Crippen LogP contribution in [0.5, 0.6) is 0 Å². The molecule has 3 heteroatoms. The minimum atomic E-state index is -2.03. The number of hydrogen-bond acceptors (Lipinski definition) is 2. The lowest BCUT2D eigenvalue weighted by molar-refractivity contribution is 0.529. The molecule has 2 unspecified atom stereocenters. The van der Waals surface area contributed by atoms with Crippen LogP contribution >= 0.6 is 0 Å². The summed E-state index contributed by atoms with van der Waals surface area (Å²) in [6.45, 7) is 3.43. The average molecular weight is 145 g/mol. The summed E-state index contributed by atoms with van der Waals surface area (Å²) in [7, 11) is 0. The van der Waals surface area contributed by atoms with Gasteiger partial charge in [-0.05, 0) is 24.4 Å². The lowest BCUT2D eigenvalue weighted by atomic mass is 10.3. The third kappa shape index (κ3) is 3.28. The Morgan fingerprint density at radius 2 is 2.33 bits per heavy atom. The van der Waals surface area contributed by atoms with Crippen molar-refractivity contribution in [2.75, 3.05) is 0 Å². The van der Waals surface area contributed by atoms with Crippen LogP contribution in [0.1, 0.15) is 20.3 Å². The molecule has 0 heterocycles. The first-order valence-corrected chi connectivity index (χ1v) is 3.86. The molecule has 2 atom stereocenters. The first kappa shape index (κ1) is 8.67. The second-order valence-electron chi connectivity index (χ2n) is 1.55. The van der Waals surface area contributed by atoms with Gasteiger partial charge < -0.3 is 4.55 Å². The summed E-state index contributed by atoms with van der Waals surface area (Å²) < 4.78 is 20.4. The Morgan fingerprint density at radius 1 is 1.78 bits per heavy atom. The number of rotatable bonds is 2. The third-order valence-electron chi connectivity index (χ3n) is 0.908. The molecule has 0 aromatic rings. The highest BCUT2D eigenvalue weighted by atomic mass is 32.2. The quantitative estimate of drug-likeness (QED) is 0.423. The molecule has 0 saturated heterocycles. The highest BCUT2D eigenvalue weighted by molar-refractivity contribution is 7.80. The maximum absolute atomic E-state index is 10.2. The van der Waals surface area contributed by atoms with Gasteiger partial charge in [0.05, 0.1) is 5.25 Å². The molecule has 0 rings (SSSR count). The molecule has 0 spiro atoms. The van der Waals surface area contributed by atoms with Gasteiger partial charge in [-0.15, -0.1) is 5.92 Å². The summed E-state index contributed by atoms with van der Waals surface area (Å²) >= 11 is -2.03. The van der Waals surface area contributed by atoms with E-state index in [1.165, 1.54) is 0 Å². The minimum absolute atomic E-state index is 0.477. The fourth-order valence-corrected chi connectivity index (χ4v) is 0.933. The van der Waals surface area contributed by atoms with E-state index in [-0.39, 0.29) is 0 Å². The van der Waals surface area contributed by atoms with Gasteiger partial charge in [0, 0.05) is 0 Å². The lowest BCUT2D eigenvalue weighted by Crippen LogP contribution is -2.09. The maximum Gasteiger partial charge on any atom is 0.0821 e. The highest BCUT2D eigenvalue weighted by Gasteiger charge is 1.98. The zero-order chi connectivity index (χ0) is 7.28. The van der Waals surface area contributed by atoms with E-state index in [4.69, 9.17) is 0 Å². The summed E-state index contributed by atoms with van der Waals surface area (Å²) in [5.41, 5.74) is 0. The predicted molar refractivity (Wildman–Crippen MR) is 36.4 cm³/mol. The van der Waals surface area contributed by atoms with E-state index in [1.54, 1.807) is 13.8 Å². The van der Waals surface area contributed by atoms with Crippen molar-refractivity contribution in [3.05, 3.63) is 0 Å². The van der Waals surface area contributed by atoms with Crippen LogP contribution in [-0.4, -0.2) is 14.0 Å². The molecule has 0 aromatic heterocycles. The Morgan fingerprint density at radius 3 is 2.44 bits per heavy atom. The highest BCUT2D eigenvalue weighted by Crippen LogP contribution is 1.95. The lowest BCUT2D eigenvalue weighted by Gasteiger charge is -2.09. The second kappa shape index (κ2) is 4.54. The van der Waals surface area contributed by atoms with Crippen molar-refractivity contribution in [1.29, 1.82) is 0 Å². The van der Waals surface area contributed by atoms with E-state index in [9.17, 15) is 8.76 Å². The molecule has 2 nitrogen and oxygen atoms in total. The first-order chi connectivity index (χ1) is 4.22. The number of hydrogen-bond donors (Lipinski definition) is 0. The Balaban J connectivity index is 3.94. The Bertz CT molecular complexity index is 154. The molecule has 0 aliphatic carbocycles. The Kier molecular flexibility index (Phi) is 4.37. The van der Waals surface area contributed by atoms with Crippen LogP contribution in [0.3, 0.4) is 0 Å². The van der Waals surface area contributed by atoms with Crippen molar-refractivity contribution in [3.8, 4) is 11.8 Å². The molecule has 0 radical (unpaired) electrons. The molecule has 0 aromatic carbocycles. The molecule has 0 bridgehead atoms. The third-order valence-corrected chi connectivity index (χ3v) is 1.82. The fraction of sp³-hybridized carbons (Fsp3) is 0.667. The van der Waals surface area contributed by atoms with Crippen molar-refractivity contribution in [2.45, 2.75) is 25.5 Å². The van der Waals surface area contributed by atoms with E-state index in [1.807, 2.05) is 0 Å². The van der Waals surface area contributed by atoms with Gasteiger partial charge in [0.2, 0.25) is 0 Å². The molecule has 9 heavy (non-hydrogen) atoms. The zero-order valence-electron chi connectivity index (χ0n) is 5.51. The summed E-state index contributed by atoms with van der Waals surface area (Å²) in [6.07, 6.45) is 0.566.